The largest absolute Gasteiger partial charge is 0.337 e. The van der Waals surface area contributed by atoms with Crippen molar-refractivity contribution >= 4 is 27.3 Å². The number of nitrogens with two attached hydrogens (primary N) is 1. The first-order valence-electron chi connectivity index (χ1n) is 0.512. The van der Waals surface area contributed by atoms with E-state index in [0.717, 1.165) is 0 Å². The van der Waals surface area contributed by atoms with Gasteiger partial charge in [0.2, 0.25) is 0 Å². The van der Waals surface area contributed by atoms with Gasteiger partial charge in [-0.1, -0.05) is 0 Å². The van der Waals surface area contributed by atoms with Crippen molar-refractivity contribution < 1.29 is 5.71 Å². The predicted octanol–water partition coefficient (Wildman–Crippen LogP) is 0.0294. The first-order valence-corrected chi connectivity index (χ1v) is 0.512. The van der Waals surface area contributed by atoms with E-state index in [1.807, 2.05) is 0 Å². The van der Waals surface area contributed by atoms with Crippen molar-refractivity contribution in [1.82, 2.24) is 0 Å². The van der Waals surface area contributed by atoms with Gasteiger partial charge in [-0.2, -0.15) is 5.26 Å². The molecule has 3 heteroatoms. The van der Waals surface area contributed by atoms with Gasteiger partial charge in [0.25, 0.3) is 0 Å². The molecule has 0 fully saturated rings. The maximum Gasteiger partial charge on any atom is 0.173 e. The Balaban J connectivity index is -0.00000000200. The SMILES string of the molecule is N#CN.[HH].[HH].[HH].[HH].[Pb]. The van der Waals surface area contributed by atoms with E-state index in [4.69, 9.17) is 5.26 Å². The fourth-order valence-electron chi connectivity index (χ4n) is 0. The quantitative estimate of drug-likeness (QED) is 0.378. The van der Waals surface area contributed by atoms with Gasteiger partial charge in [0.15, 0.2) is 6.19 Å². The van der Waals surface area contributed by atoms with Gasteiger partial charge in [-0.25, -0.2) is 0 Å². The minimum Gasteiger partial charge on any atom is -0.337 e. The van der Waals surface area contributed by atoms with Crippen LogP contribution in [0.15, 0.2) is 0 Å². The zero-order valence-electron chi connectivity index (χ0n) is 2.02. The Hall–Kier alpha value is 0.212. The van der Waals surface area contributed by atoms with Crippen molar-refractivity contribution in [2.75, 3.05) is 0 Å². The third-order valence-electron chi connectivity index (χ3n) is 0. The van der Waals surface area contributed by atoms with E-state index >= 15 is 0 Å². The molecule has 28 valence electrons. The van der Waals surface area contributed by atoms with Crippen LogP contribution in [0, 0.1) is 11.5 Å². The molecule has 0 aromatic heterocycles. The fraction of sp³-hybridized carbons (Fsp3) is 0. The van der Waals surface area contributed by atoms with Crippen LogP contribution in [-0.4, -0.2) is 27.3 Å². The molecule has 0 unspecified atom stereocenters. The van der Waals surface area contributed by atoms with Crippen molar-refractivity contribution in [1.29, 1.82) is 5.26 Å². The van der Waals surface area contributed by atoms with Crippen LogP contribution in [0.4, 0.5) is 0 Å². The normalized spacial score (nSPS) is 1.75. The molecule has 0 atom stereocenters. The van der Waals surface area contributed by atoms with Gasteiger partial charge in [0.05, 0.1) is 0 Å². The molecule has 0 aliphatic carbocycles. The molecular formula is CH10N2Pb. The Morgan fingerprint density at radius 1 is 2.00 bits per heavy atom. The Morgan fingerprint density at radius 3 is 2.00 bits per heavy atom. The second-order valence-corrected chi connectivity index (χ2v) is 0.129. The van der Waals surface area contributed by atoms with Crippen LogP contribution in [0.2, 0.25) is 0 Å². The summed E-state index contributed by atoms with van der Waals surface area (Å²) < 4.78 is 0. The van der Waals surface area contributed by atoms with Gasteiger partial charge in [0.1, 0.15) is 0 Å². The van der Waals surface area contributed by atoms with E-state index in [-0.39, 0.29) is 33.0 Å². The van der Waals surface area contributed by atoms with E-state index in [0.29, 0.717) is 0 Å². The molecule has 4 heavy (non-hydrogen) atoms. The van der Waals surface area contributed by atoms with Gasteiger partial charge >= 0.3 is 0 Å². The van der Waals surface area contributed by atoms with E-state index in [1.165, 1.54) is 6.19 Å². The number of hydrogen-bond donors (Lipinski definition) is 1. The molecule has 0 aromatic rings. The van der Waals surface area contributed by atoms with Crippen LogP contribution in [0.1, 0.15) is 5.71 Å². The van der Waals surface area contributed by atoms with Gasteiger partial charge in [-0.05, 0) is 0 Å². The molecule has 4 radical (unpaired) electrons. The zero-order valence-corrected chi connectivity index (χ0v) is 5.91. The van der Waals surface area contributed by atoms with Crippen molar-refractivity contribution in [2.24, 2.45) is 5.73 Å². The topological polar surface area (TPSA) is 49.8 Å². The van der Waals surface area contributed by atoms with Crippen LogP contribution in [0.25, 0.3) is 0 Å². The zero-order chi connectivity index (χ0) is 2.71. The number of rotatable bonds is 0. The van der Waals surface area contributed by atoms with E-state index < -0.39 is 0 Å². The monoisotopic (exact) mass is 258 g/mol. The van der Waals surface area contributed by atoms with Crippen molar-refractivity contribution in [3.63, 3.8) is 0 Å². The summed E-state index contributed by atoms with van der Waals surface area (Å²) in [5.41, 5.74) is 4.15. The molecule has 0 spiro atoms. The molecule has 2 N–H and O–H groups in total. The molecule has 0 amide bonds. The summed E-state index contributed by atoms with van der Waals surface area (Å²) >= 11 is 0. The van der Waals surface area contributed by atoms with E-state index in [9.17, 15) is 0 Å². The Morgan fingerprint density at radius 2 is 2.00 bits per heavy atom. The predicted molar refractivity (Wildman–Crippen MR) is 24.0 cm³/mol. The van der Waals surface area contributed by atoms with Crippen molar-refractivity contribution in [2.45, 2.75) is 0 Å². The van der Waals surface area contributed by atoms with Gasteiger partial charge in [-0.3, -0.25) is 0 Å². The van der Waals surface area contributed by atoms with Crippen LogP contribution in [-0.2, 0) is 0 Å². The molecule has 0 heterocycles. The molecule has 0 rings (SSSR count). The molecule has 0 bridgehead atoms. The number of nitrogens with zero attached hydrogens (tertiary/aromatic N) is 1. The first-order chi connectivity index (χ1) is 1.41. The standard InChI is InChI=1S/CH2N2.Pb.4H2/c2-1-3;;;;;/h2H2;;4*1H. The fourth-order valence-corrected chi connectivity index (χ4v) is 0. The Bertz CT molecular complexity index is 35.5. The van der Waals surface area contributed by atoms with E-state index in [2.05, 4.69) is 5.73 Å². The molecule has 0 aliphatic heterocycles. The summed E-state index contributed by atoms with van der Waals surface area (Å²) in [5, 5.41) is 7.10. The van der Waals surface area contributed by atoms with Gasteiger partial charge in [0, 0.05) is 33.0 Å². The summed E-state index contributed by atoms with van der Waals surface area (Å²) in [6, 6.07) is 0. The second-order valence-electron chi connectivity index (χ2n) is 0.129. The summed E-state index contributed by atoms with van der Waals surface area (Å²) in [5.74, 6) is 0. The molecule has 0 saturated heterocycles. The Kier molecular flexibility index (Phi) is 23.8. The summed E-state index contributed by atoms with van der Waals surface area (Å²) in [6.07, 6.45) is 1.25. The van der Waals surface area contributed by atoms with Crippen molar-refractivity contribution in [3.8, 4) is 6.19 Å². The smallest absolute Gasteiger partial charge is 0.173 e. The van der Waals surface area contributed by atoms with Crippen LogP contribution in [0.5, 0.6) is 0 Å². The summed E-state index contributed by atoms with van der Waals surface area (Å²) in [6.45, 7) is 0. The summed E-state index contributed by atoms with van der Waals surface area (Å²) in [7, 11) is 0. The molecule has 0 aromatic carbocycles. The van der Waals surface area contributed by atoms with Crippen LogP contribution < -0.4 is 5.73 Å². The minimum absolute atomic E-state index is 0. The molecular weight excluding hydrogens is 247 g/mol. The number of hydrogen-bond acceptors (Lipinski definition) is 2. The summed E-state index contributed by atoms with van der Waals surface area (Å²) in [4.78, 5) is 0. The maximum atomic E-state index is 7.10. The average Bonchev–Trinajstić information content (AvgIpc) is 0.918. The molecule has 0 saturated carbocycles. The van der Waals surface area contributed by atoms with E-state index in [1.54, 1.807) is 0 Å². The molecule has 0 aliphatic rings. The third kappa shape index (κ3) is 72.3. The number of nitriles is 1. The maximum absolute atomic E-state index is 7.10. The third-order valence-corrected chi connectivity index (χ3v) is 0. The van der Waals surface area contributed by atoms with Gasteiger partial charge in [-0.15, -0.1) is 0 Å². The van der Waals surface area contributed by atoms with Crippen LogP contribution in [0.3, 0.4) is 0 Å². The second kappa shape index (κ2) is 10.7. The van der Waals surface area contributed by atoms with Gasteiger partial charge < -0.3 is 5.73 Å². The first kappa shape index (κ1) is 8.88. The van der Waals surface area contributed by atoms with Crippen molar-refractivity contribution in [3.05, 3.63) is 0 Å². The minimum atomic E-state index is 0. The molecule has 2 nitrogen and oxygen atoms in total. The average molecular weight is 257 g/mol. The van der Waals surface area contributed by atoms with Crippen LogP contribution >= 0.6 is 0 Å². The Labute approximate surface area is 50.7 Å².